The van der Waals surface area contributed by atoms with Crippen molar-refractivity contribution in [3.05, 3.63) is 39.4 Å². The standard InChI is InChI=1S/C16H18N4OS3/c1-3-20-15(13-5-4-8-22-13)18-19-16(20)23-10-14(21)17-9-12-7-6-11(2)24-12/h4-8H,3,9-10H2,1-2H3,(H,17,21). The molecule has 8 heteroatoms. The Balaban J connectivity index is 1.57. The molecule has 24 heavy (non-hydrogen) atoms. The Hall–Kier alpha value is -1.64. The van der Waals surface area contributed by atoms with Gasteiger partial charge in [-0.1, -0.05) is 17.8 Å². The van der Waals surface area contributed by atoms with E-state index in [2.05, 4.69) is 41.5 Å². The number of amides is 1. The lowest BCUT2D eigenvalue weighted by molar-refractivity contribution is -0.118. The third-order valence-corrected chi connectivity index (χ3v) is 6.20. The molecular weight excluding hydrogens is 360 g/mol. The molecule has 0 aliphatic rings. The number of hydrogen-bond donors (Lipinski definition) is 1. The molecule has 0 radical (unpaired) electrons. The quantitative estimate of drug-likeness (QED) is 0.635. The fourth-order valence-corrected chi connectivity index (χ4v) is 4.60. The van der Waals surface area contributed by atoms with Gasteiger partial charge in [0, 0.05) is 16.3 Å². The van der Waals surface area contributed by atoms with Gasteiger partial charge in [-0.2, -0.15) is 0 Å². The summed E-state index contributed by atoms with van der Waals surface area (Å²) in [6.45, 7) is 5.48. The van der Waals surface area contributed by atoms with Gasteiger partial charge in [-0.05, 0) is 37.4 Å². The molecule has 0 spiro atoms. The van der Waals surface area contributed by atoms with Crippen molar-refractivity contribution in [1.29, 1.82) is 0 Å². The molecule has 3 aromatic rings. The summed E-state index contributed by atoms with van der Waals surface area (Å²) >= 11 is 4.77. The third-order valence-electron chi connectivity index (χ3n) is 3.36. The zero-order valence-corrected chi connectivity index (χ0v) is 15.9. The predicted octanol–water partition coefficient (Wildman–Crippen LogP) is 3.80. The summed E-state index contributed by atoms with van der Waals surface area (Å²) < 4.78 is 2.05. The van der Waals surface area contributed by atoms with Crippen molar-refractivity contribution in [2.24, 2.45) is 0 Å². The average molecular weight is 379 g/mol. The summed E-state index contributed by atoms with van der Waals surface area (Å²) in [7, 11) is 0. The van der Waals surface area contributed by atoms with E-state index in [9.17, 15) is 4.79 Å². The van der Waals surface area contributed by atoms with E-state index < -0.39 is 0 Å². The van der Waals surface area contributed by atoms with E-state index >= 15 is 0 Å². The summed E-state index contributed by atoms with van der Waals surface area (Å²) in [5, 5.41) is 14.3. The van der Waals surface area contributed by atoms with Crippen molar-refractivity contribution in [1.82, 2.24) is 20.1 Å². The zero-order valence-electron chi connectivity index (χ0n) is 13.5. The molecule has 0 aliphatic carbocycles. The van der Waals surface area contributed by atoms with Gasteiger partial charge in [-0.3, -0.25) is 4.79 Å². The van der Waals surface area contributed by atoms with Crippen molar-refractivity contribution >= 4 is 40.3 Å². The van der Waals surface area contributed by atoms with Crippen molar-refractivity contribution in [3.63, 3.8) is 0 Å². The van der Waals surface area contributed by atoms with Crippen LogP contribution in [-0.4, -0.2) is 26.4 Å². The third kappa shape index (κ3) is 4.06. The van der Waals surface area contributed by atoms with Crippen LogP contribution in [0.4, 0.5) is 0 Å². The van der Waals surface area contributed by atoms with Crippen LogP contribution in [0.3, 0.4) is 0 Å². The second-order valence-electron chi connectivity index (χ2n) is 5.11. The second-order valence-corrected chi connectivity index (χ2v) is 8.37. The lowest BCUT2D eigenvalue weighted by Crippen LogP contribution is -2.24. The maximum atomic E-state index is 12.0. The summed E-state index contributed by atoms with van der Waals surface area (Å²) in [5.41, 5.74) is 0. The zero-order chi connectivity index (χ0) is 16.9. The van der Waals surface area contributed by atoms with E-state index in [0.717, 1.165) is 22.4 Å². The number of aryl methyl sites for hydroxylation is 1. The number of nitrogens with one attached hydrogen (secondary N) is 1. The molecule has 3 heterocycles. The van der Waals surface area contributed by atoms with Gasteiger partial charge in [0.15, 0.2) is 11.0 Å². The summed E-state index contributed by atoms with van der Waals surface area (Å²) in [4.78, 5) is 15.6. The Bertz CT molecular complexity index is 807. The van der Waals surface area contributed by atoms with E-state index in [1.165, 1.54) is 21.5 Å². The molecule has 0 atom stereocenters. The minimum absolute atomic E-state index is 0.00868. The van der Waals surface area contributed by atoms with Crippen LogP contribution in [-0.2, 0) is 17.9 Å². The minimum Gasteiger partial charge on any atom is -0.350 e. The van der Waals surface area contributed by atoms with Crippen molar-refractivity contribution in [2.75, 3.05) is 5.75 Å². The molecular formula is C16H18N4OS3. The number of hydrogen-bond acceptors (Lipinski definition) is 6. The highest BCUT2D eigenvalue weighted by molar-refractivity contribution is 7.99. The summed E-state index contributed by atoms with van der Waals surface area (Å²) in [6.07, 6.45) is 0. The smallest absolute Gasteiger partial charge is 0.230 e. The Morgan fingerprint density at radius 1 is 1.33 bits per heavy atom. The van der Waals surface area contributed by atoms with E-state index in [-0.39, 0.29) is 5.91 Å². The highest BCUT2D eigenvalue weighted by Gasteiger charge is 2.15. The maximum Gasteiger partial charge on any atom is 0.230 e. The van der Waals surface area contributed by atoms with Crippen LogP contribution in [0.25, 0.3) is 10.7 Å². The van der Waals surface area contributed by atoms with Crippen molar-refractivity contribution in [3.8, 4) is 10.7 Å². The van der Waals surface area contributed by atoms with Crippen LogP contribution in [0, 0.1) is 6.92 Å². The largest absolute Gasteiger partial charge is 0.350 e. The summed E-state index contributed by atoms with van der Waals surface area (Å²) in [6, 6.07) is 8.15. The highest BCUT2D eigenvalue weighted by Crippen LogP contribution is 2.27. The van der Waals surface area contributed by atoms with Gasteiger partial charge < -0.3 is 9.88 Å². The van der Waals surface area contributed by atoms with Crippen LogP contribution in [0.5, 0.6) is 0 Å². The molecule has 5 nitrogen and oxygen atoms in total. The Labute approximate surface area is 153 Å². The van der Waals surface area contributed by atoms with E-state index in [4.69, 9.17) is 0 Å². The predicted molar refractivity (Wildman–Crippen MR) is 101 cm³/mol. The van der Waals surface area contributed by atoms with E-state index in [1.807, 2.05) is 22.1 Å². The fourth-order valence-electron chi connectivity index (χ4n) is 2.22. The normalized spacial score (nSPS) is 10.9. The number of thioether (sulfide) groups is 1. The Morgan fingerprint density at radius 3 is 2.88 bits per heavy atom. The monoisotopic (exact) mass is 378 g/mol. The number of aromatic nitrogens is 3. The molecule has 3 rings (SSSR count). The lowest BCUT2D eigenvalue weighted by atomic mass is 10.4. The number of carbonyl (C=O) groups is 1. The molecule has 0 fully saturated rings. The van der Waals surface area contributed by atoms with Crippen molar-refractivity contribution < 1.29 is 4.79 Å². The number of carbonyl (C=O) groups excluding carboxylic acids is 1. The first-order chi connectivity index (χ1) is 11.7. The molecule has 0 bridgehead atoms. The van der Waals surface area contributed by atoms with Crippen LogP contribution < -0.4 is 5.32 Å². The average Bonchev–Trinajstić information content (AvgIpc) is 3.30. The Morgan fingerprint density at radius 2 is 2.21 bits per heavy atom. The molecule has 0 saturated carbocycles. The van der Waals surface area contributed by atoms with Gasteiger partial charge in [0.05, 0.1) is 17.2 Å². The topological polar surface area (TPSA) is 59.8 Å². The van der Waals surface area contributed by atoms with E-state index in [1.54, 1.807) is 22.7 Å². The molecule has 0 aromatic carbocycles. The second kappa shape index (κ2) is 7.96. The molecule has 1 amide bonds. The number of rotatable bonds is 7. The van der Waals surface area contributed by atoms with Crippen LogP contribution >= 0.6 is 34.4 Å². The first kappa shape index (κ1) is 17.2. The van der Waals surface area contributed by atoms with Gasteiger partial charge in [-0.25, -0.2) is 0 Å². The molecule has 126 valence electrons. The van der Waals surface area contributed by atoms with Gasteiger partial charge in [0.1, 0.15) is 0 Å². The van der Waals surface area contributed by atoms with E-state index in [0.29, 0.717) is 12.3 Å². The van der Waals surface area contributed by atoms with Crippen LogP contribution in [0.2, 0.25) is 0 Å². The maximum absolute atomic E-state index is 12.0. The molecule has 1 N–H and O–H groups in total. The van der Waals surface area contributed by atoms with Crippen LogP contribution in [0.1, 0.15) is 16.7 Å². The van der Waals surface area contributed by atoms with Gasteiger partial charge >= 0.3 is 0 Å². The fraction of sp³-hybridized carbons (Fsp3) is 0.312. The van der Waals surface area contributed by atoms with Crippen molar-refractivity contribution in [2.45, 2.75) is 32.1 Å². The van der Waals surface area contributed by atoms with Gasteiger partial charge in [0.2, 0.25) is 5.91 Å². The first-order valence-electron chi connectivity index (χ1n) is 7.59. The Kier molecular flexibility index (Phi) is 5.70. The van der Waals surface area contributed by atoms with Crippen LogP contribution in [0.15, 0.2) is 34.8 Å². The number of nitrogens with zero attached hydrogens (tertiary/aromatic N) is 3. The molecule has 0 unspecified atom stereocenters. The highest BCUT2D eigenvalue weighted by atomic mass is 32.2. The summed E-state index contributed by atoms with van der Waals surface area (Å²) in [5.74, 6) is 1.21. The lowest BCUT2D eigenvalue weighted by Gasteiger charge is -2.06. The van der Waals surface area contributed by atoms with Gasteiger partial charge in [-0.15, -0.1) is 32.9 Å². The molecule has 0 aliphatic heterocycles. The molecule has 3 aromatic heterocycles. The van der Waals surface area contributed by atoms with Gasteiger partial charge in [0.25, 0.3) is 0 Å². The SMILES string of the molecule is CCn1c(SCC(=O)NCc2ccc(C)s2)nnc1-c1cccs1. The minimum atomic E-state index is 0.00868. The first-order valence-corrected chi connectivity index (χ1v) is 10.3. The molecule has 0 saturated heterocycles. The number of thiophene rings is 2.